The molecule has 3 rings (SSSR count). The second-order valence-corrected chi connectivity index (χ2v) is 6.24. The van der Waals surface area contributed by atoms with Crippen LogP contribution in [-0.4, -0.2) is 10.1 Å². The summed E-state index contributed by atoms with van der Waals surface area (Å²) in [5.74, 6) is 3.03. The van der Waals surface area contributed by atoms with E-state index in [1.165, 1.54) is 25.7 Å². The van der Waals surface area contributed by atoms with E-state index in [0.717, 1.165) is 29.4 Å². The Labute approximate surface area is 137 Å². The number of aromatic nitrogens is 2. The molecule has 22 heavy (non-hydrogen) atoms. The zero-order valence-corrected chi connectivity index (χ0v) is 13.8. The molecule has 1 aliphatic carbocycles. The van der Waals surface area contributed by atoms with E-state index in [-0.39, 0.29) is 12.4 Å². The van der Waals surface area contributed by atoms with E-state index < -0.39 is 0 Å². The number of benzene rings is 1. The molecule has 0 unspecified atom stereocenters. The molecule has 0 bridgehead atoms. The number of hydrogen-bond donors (Lipinski definition) is 1. The van der Waals surface area contributed by atoms with Gasteiger partial charge in [0.15, 0.2) is 0 Å². The summed E-state index contributed by atoms with van der Waals surface area (Å²) in [7, 11) is 0. The zero-order chi connectivity index (χ0) is 14.7. The first-order chi connectivity index (χ1) is 10.2. The molecule has 0 saturated heterocycles. The first-order valence-corrected chi connectivity index (χ1v) is 7.86. The van der Waals surface area contributed by atoms with Crippen LogP contribution < -0.4 is 5.73 Å². The molecule has 5 heteroatoms. The van der Waals surface area contributed by atoms with Crippen molar-refractivity contribution in [3.05, 3.63) is 35.7 Å². The van der Waals surface area contributed by atoms with E-state index in [4.69, 9.17) is 10.3 Å². The highest BCUT2D eigenvalue weighted by Crippen LogP contribution is 2.30. The minimum atomic E-state index is 0. The van der Waals surface area contributed by atoms with Crippen LogP contribution in [0.25, 0.3) is 11.4 Å². The largest absolute Gasteiger partial charge is 0.339 e. The fraction of sp³-hybridized carbons (Fsp3) is 0.529. The van der Waals surface area contributed by atoms with E-state index in [1.807, 2.05) is 24.3 Å². The summed E-state index contributed by atoms with van der Waals surface area (Å²) in [5, 5.41) is 4.11. The third-order valence-corrected chi connectivity index (χ3v) is 4.51. The molecule has 0 atom stereocenters. The van der Waals surface area contributed by atoms with Crippen LogP contribution in [0.5, 0.6) is 0 Å². The van der Waals surface area contributed by atoms with Crippen molar-refractivity contribution in [1.29, 1.82) is 0 Å². The Bertz CT molecular complexity index is 574. The molecule has 0 amide bonds. The first-order valence-electron chi connectivity index (χ1n) is 7.86. The number of nitrogens with zero attached hydrogens (tertiary/aromatic N) is 2. The van der Waals surface area contributed by atoms with Gasteiger partial charge in [-0.25, -0.2) is 0 Å². The second kappa shape index (κ2) is 7.75. The van der Waals surface area contributed by atoms with E-state index in [0.29, 0.717) is 18.3 Å². The standard InChI is InChI=1S/C17H23N3O.ClH/c1-12-2-4-13(5-3-12)10-16-19-17(20-21-16)15-8-6-14(11-18)7-9-15;/h6-9,12-13H,2-5,10-11,18H2,1H3;1H. The van der Waals surface area contributed by atoms with Gasteiger partial charge in [0.05, 0.1) is 0 Å². The molecule has 0 radical (unpaired) electrons. The number of hydrogen-bond acceptors (Lipinski definition) is 4. The lowest BCUT2D eigenvalue weighted by atomic mass is 9.81. The maximum atomic E-state index is 5.61. The van der Waals surface area contributed by atoms with Crippen molar-refractivity contribution in [3.63, 3.8) is 0 Å². The molecule has 4 nitrogen and oxygen atoms in total. The molecule has 2 N–H and O–H groups in total. The summed E-state index contributed by atoms with van der Waals surface area (Å²) in [4.78, 5) is 4.54. The summed E-state index contributed by atoms with van der Waals surface area (Å²) in [5.41, 5.74) is 7.70. The van der Waals surface area contributed by atoms with Gasteiger partial charge < -0.3 is 10.3 Å². The third kappa shape index (κ3) is 4.08. The molecule has 1 aromatic carbocycles. The van der Waals surface area contributed by atoms with Crippen LogP contribution in [0.2, 0.25) is 0 Å². The molecule has 1 aliphatic rings. The van der Waals surface area contributed by atoms with Gasteiger partial charge in [-0.2, -0.15) is 4.98 Å². The first kappa shape index (κ1) is 17.0. The number of nitrogens with two attached hydrogens (primary N) is 1. The van der Waals surface area contributed by atoms with E-state index >= 15 is 0 Å². The normalized spacial score (nSPS) is 21.4. The molecule has 1 aromatic heterocycles. The highest BCUT2D eigenvalue weighted by molar-refractivity contribution is 5.85. The smallest absolute Gasteiger partial charge is 0.227 e. The van der Waals surface area contributed by atoms with Crippen molar-refractivity contribution in [1.82, 2.24) is 10.1 Å². The predicted octanol–water partition coefficient (Wildman–Crippen LogP) is 3.99. The van der Waals surface area contributed by atoms with Crippen LogP contribution in [0.15, 0.2) is 28.8 Å². The van der Waals surface area contributed by atoms with Gasteiger partial charge in [-0.1, -0.05) is 49.2 Å². The van der Waals surface area contributed by atoms with Gasteiger partial charge >= 0.3 is 0 Å². The average molecular weight is 322 g/mol. The monoisotopic (exact) mass is 321 g/mol. The summed E-state index contributed by atoms with van der Waals surface area (Å²) >= 11 is 0. The molecule has 1 heterocycles. The minimum Gasteiger partial charge on any atom is -0.339 e. The topological polar surface area (TPSA) is 64.9 Å². The van der Waals surface area contributed by atoms with E-state index in [2.05, 4.69) is 17.1 Å². The summed E-state index contributed by atoms with van der Waals surface area (Å²) in [6.45, 7) is 2.89. The number of rotatable bonds is 4. The van der Waals surface area contributed by atoms with Gasteiger partial charge in [-0.3, -0.25) is 0 Å². The Morgan fingerprint density at radius 1 is 1.14 bits per heavy atom. The van der Waals surface area contributed by atoms with Crippen LogP contribution in [0.4, 0.5) is 0 Å². The number of halogens is 1. The summed E-state index contributed by atoms with van der Waals surface area (Å²) < 4.78 is 5.42. The Hall–Kier alpha value is -1.39. The lowest BCUT2D eigenvalue weighted by Crippen LogP contribution is -2.14. The molecular formula is C17H24ClN3O. The third-order valence-electron chi connectivity index (χ3n) is 4.51. The van der Waals surface area contributed by atoms with Gasteiger partial charge in [0, 0.05) is 18.5 Å². The van der Waals surface area contributed by atoms with Crippen LogP contribution in [-0.2, 0) is 13.0 Å². The maximum absolute atomic E-state index is 5.61. The molecule has 0 aliphatic heterocycles. The molecule has 120 valence electrons. The quantitative estimate of drug-likeness (QED) is 0.924. The highest BCUT2D eigenvalue weighted by atomic mass is 35.5. The van der Waals surface area contributed by atoms with Crippen molar-refractivity contribution in [2.24, 2.45) is 17.6 Å². The van der Waals surface area contributed by atoms with E-state index in [9.17, 15) is 0 Å². The fourth-order valence-corrected chi connectivity index (χ4v) is 3.03. The molecular weight excluding hydrogens is 298 g/mol. The molecule has 2 aromatic rings. The Morgan fingerprint density at radius 3 is 2.45 bits per heavy atom. The minimum absolute atomic E-state index is 0. The Kier molecular flexibility index (Phi) is 5.98. The Balaban J connectivity index is 0.00000176. The molecule has 0 spiro atoms. The van der Waals surface area contributed by atoms with Crippen molar-refractivity contribution in [2.45, 2.75) is 45.6 Å². The predicted molar refractivity (Wildman–Crippen MR) is 89.7 cm³/mol. The lowest BCUT2D eigenvalue weighted by Gasteiger charge is -2.24. The van der Waals surface area contributed by atoms with Crippen molar-refractivity contribution in [3.8, 4) is 11.4 Å². The second-order valence-electron chi connectivity index (χ2n) is 6.24. The van der Waals surface area contributed by atoms with Crippen LogP contribution in [0.1, 0.15) is 44.1 Å². The van der Waals surface area contributed by atoms with Crippen molar-refractivity contribution in [2.75, 3.05) is 0 Å². The lowest BCUT2D eigenvalue weighted by molar-refractivity contribution is 0.264. The zero-order valence-electron chi connectivity index (χ0n) is 13.0. The fourth-order valence-electron chi connectivity index (χ4n) is 3.03. The molecule has 1 fully saturated rings. The average Bonchev–Trinajstić information content (AvgIpc) is 2.98. The van der Waals surface area contributed by atoms with Crippen LogP contribution in [0.3, 0.4) is 0 Å². The van der Waals surface area contributed by atoms with Crippen molar-refractivity contribution >= 4 is 12.4 Å². The molecule has 1 saturated carbocycles. The van der Waals surface area contributed by atoms with Gasteiger partial charge in [-0.05, 0) is 30.2 Å². The van der Waals surface area contributed by atoms with Gasteiger partial charge in [0.25, 0.3) is 0 Å². The summed E-state index contributed by atoms with van der Waals surface area (Å²) in [6.07, 6.45) is 6.13. The van der Waals surface area contributed by atoms with Gasteiger partial charge in [0.1, 0.15) is 0 Å². The maximum Gasteiger partial charge on any atom is 0.227 e. The van der Waals surface area contributed by atoms with E-state index in [1.54, 1.807) is 0 Å². The van der Waals surface area contributed by atoms with Crippen LogP contribution in [0, 0.1) is 11.8 Å². The SMILES string of the molecule is CC1CCC(Cc2nc(-c3ccc(CN)cc3)no2)CC1.Cl. The van der Waals surface area contributed by atoms with Gasteiger partial charge in [0.2, 0.25) is 11.7 Å². The Morgan fingerprint density at radius 2 is 1.82 bits per heavy atom. The summed E-state index contributed by atoms with van der Waals surface area (Å²) in [6, 6.07) is 8.01. The highest BCUT2D eigenvalue weighted by Gasteiger charge is 2.21. The van der Waals surface area contributed by atoms with Crippen LogP contribution >= 0.6 is 12.4 Å². The van der Waals surface area contributed by atoms with Crippen molar-refractivity contribution < 1.29 is 4.52 Å². The van der Waals surface area contributed by atoms with Gasteiger partial charge in [-0.15, -0.1) is 12.4 Å².